The number of ether oxygens (including phenoxy) is 2. The molecule has 0 heterocycles. The summed E-state index contributed by atoms with van der Waals surface area (Å²) in [7, 11) is 3.13. The minimum absolute atomic E-state index is 0.278. The molecule has 1 aromatic carbocycles. The van der Waals surface area contributed by atoms with Crippen LogP contribution in [0.15, 0.2) is 18.2 Å². The van der Waals surface area contributed by atoms with Gasteiger partial charge in [0.05, 0.1) is 20.1 Å². The van der Waals surface area contributed by atoms with Gasteiger partial charge in [0.1, 0.15) is 0 Å². The number of hydrogen-bond acceptors (Lipinski definition) is 3. The Kier molecular flexibility index (Phi) is 4.17. The second kappa shape index (κ2) is 5.39. The van der Waals surface area contributed by atoms with Crippen LogP contribution in [-0.2, 0) is 4.79 Å². The van der Waals surface area contributed by atoms with Gasteiger partial charge in [-0.25, -0.2) is 0 Å². The summed E-state index contributed by atoms with van der Waals surface area (Å²) in [6, 6.07) is 5.40. The highest BCUT2D eigenvalue weighted by molar-refractivity contribution is 5.82. The zero-order chi connectivity index (χ0) is 12.1. The SMILES string of the molecule is CCC(C(N)=O)c1ccc(OC)c(OC)c1. The quantitative estimate of drug-likeness (QED) is 0.826. The fourth-order valence-electron chi connectivity index (χ4n) is 1.67. The highest BCUT2D eigenvalue weighted by Crippen LogP contribution is 2.31. The maximum absolute atomic E-state index is 11.2. The number of nitrogens with two attached hydrogens (primary N) is 1. The van der Waals surface area contributed by atoms with Crippen molar-refractivity contribution in [3.8, 4) is 11.5 Å². The molecular weight excluding hydrogens is 206 g/mol. The maximum Gasteiger partial charge on any atom is 0.224 e. The van der Waals surface area contributed by atoms with Crippen LogP contribution in [0.3, 0.4) is 0 Å². The van der Waals surface area contributed by atoms with E-state index in [9.17, 15) is 4.79 Å². The van der Waals surface area contributed by atoms with Crippen LogP contribution < -0.4 is 15.2 Å². The van der Waals surface area contributed by atoms with Crippen molar-refractivity contribution in [3.63, 3.8) is 0 Å². The average Bonchev–Trinajstić information content (AvgIpc) is 2.29. The van der Waals surface area contributed by atoms with E-state index in [0.717, 1.165) is 5.56 Å². The smallest absolute Gasteiger partial charge is 0.224 e. The predicted molar refractivity (Wildman–Crippen MR) is 61.8 cm³/mol. The van der Waals surface area contributed by atoms with Crippen LogP contribution in [0.2, 0.25) is 0 Å². The van der Waals surface area contributed by atoms with E-state index < -0.39 is 0 Å². The molecule has 0 saturated carbocycles. The Bertz CT molecular complexity index is 377. The van der Waals surface area contributed by atoms with E-state index >= 15 is 0 Å². The van der Waals surface area contributed by atoms with Crippen molar-refractivity contribution in [1.82, 2.24) is 0 Å². The second-order valence-corrected chi connectivity index (χ2v) is 3.48. The molecule has 0 spiro atoms. The van der Waals surface area contributed by atoms with E-state index in [1.807, 2.05) is 13.0 Å². The van der Waals surface area contributed by atoms with Crippen LogP contribution in [-0.4, -0.2) is 20.1 Å². The summed E-state index contributed by atoms with van der Waals surface area (Å²) >= 11 is 0. The molecular formula is C12H17NO3. The minimum atomic E-state index is -0.324. The summed E-state index contributed by atoms with van der Waals surface area (Å²) in [5, 5.41) is 0. The van der Waals surface area contributed by atoms with Crippen molar-refractivity contribution < 1.29 is 14.3 Å². The first-order valence-corrected chi connectivity index (χ1v) is 5.15. The molecule has 2 N–H and O–H groups in total. The van der Waals surface area contributed by atoms with Gasteiger partial charge < -0.3 is 15.2 Å². The normalized spacial score (nSPS) is 11.9. The van der Waals surface area contributed by atoms with Crippen LogP contribution in [0, 0.1) is 0 Å². The van der Waals surface area contributed by atoms with Gasteiger partial charge in [0.25, 0.3) is 0 Å². The fourth-order valence-corrected chi connectivity index (χ4v) is 1.67. The predicted octanol–water partition coefficient (Wildman–Crippen LogP) is 1.68. The van der Waals surface area contributed by atoms with Gasteiger partial charge in [-0.15, -0.1) is 0 Å². The monoisotopic (exact) mass is 223 g/mol. The Labute approximate surface area is 95.3 Å². The molecule has 1 amide bonds. The number of benzene rings is 1. The van der Waals surface area contributed by atoms with Crippen molar-refractivity contribution in [3.05, 3.63) is 23.8 Å². The lowest BCUT2D eigenvalue weighted by Gasteiger charge is -2.14. The molecule has 16 heavy (non-hydrogen) atoms. The lowest BCUT2D eigenvalue weighted by atomic mass is 9.95. The van der Waals surface area contributed by atoms with Gasteiger partial charge in [-0.1, -0.05) is 13.0 Å². The van der Waals surface area contributed by atoms with Crippen LogP contribution in [0.1, 0.15) is 24.8 Å². The molecule has 1 aromatic rings. The maximum atomic E-state index is 11.2. The molecule has 1 atom stereocenters. The van der Waals surface area contributed by atoms with Crippen LogP contribution in [0.25, 0.3) is 0 Å². The fraction of sp³-hybridized carbons (Fsp3) is 0.417. The minimum Gasteiger partial charge on any atom is -0.493 e. The number of amides is 1. The molecule has 0 aromatic heterocycles. The Morgan fingerprint density at radius 3 is 2.38 bits per heavy atom. The number of methoxy groups -OCH3 is 2. The number of primary amides is 1. The first kappa shape index (κ1) is 12.4. The Hall–Kier alpha value is -1.71. The van der Waals surface area contributed by atoms with Gasteiger partial charge >= 0.3 is 0 Å². The average molecular weight is 223 g/mol. The van der Waals surface area contributed by atoms with Crippen LogP contribution >= 0.6 is 0 Å². The lowest BCUT2D eigenvalue weighted by Crippen LogP contribution is -2.20. The summed E-state index contributed by atoms with van der Waals surface area (Å²) in [4.78, 5) is 11.2. The van der Waals surface area contributed by atoms with E-state index in [-0.39, 0.29) is 11.8 Å². The Balaban J connectivity index is 3.11. The Morgan fingerprint density at radius 1 is 1.31 bits per heavy atom. The van der Waals surface area contributed by atoms with Crippen molar-refractivity contribution in [2.45, 2.75) is 19.3 Å². The summed E-state index contributed by atoms with van der Waals surface area (Å²) < 4.78 is 10.3. The lowest BCUT2D eigenvalue weighted by molar-refractivity contribution is -0.119. The molecule has 0 saturated heterocycles. The third-order valence-electron chi connectivity index (χ3n) is 2.56. The van der Waals surface area contributed by atoms with Gasteiger partial charge in [0.2, 0.25) is 5.91 Å². The van der Waals surface area contributed by atoms with Gasteiger partial charge in [0, 0.05) is 0 Å². The molecule has 4 heteroatoms. The molecule has 0 aliphatic heterocycles. The van der Waals surface area contributed by atoms with Crippen LogP contribution in [0.4, 0.5) is 0 Å². The van der Waals surface area contributed by atoms with E-state index in [4.69, 9.17) is 15.2 Å². The molecule has 1 rings (SSSR count). The van der Waals surface area contributed by atoms with Gasteiger partial charge in [-0.3, -0.25) is 4.79 Å². The molecule has 88 valence electrons. The molecule has 0 aliphatic rings. The first-order valence-electron chi connectivity index (χ1n) is 5.15. The highest BCUT2D eigenvalue weighted by atomic mass is 16.5. The van der Waals surface area contributed by atoms with Crippen molar-refractivity contribution >= 4 is 5.91 Å². The van der Waals surface area contributed by atoms with E-state index in [1.165, 1.54) is 0 Å². The summed E-state index contributed by atoms with van der Waals surface area (Å²) in [6.45, 7) is 1.92. The third kappa shape index (κ3) is 2.45. The number of hydrogen-bond donors (Lipinski definition) is 1. The zero-order valence-electron chi connectivity index (χ0n) is 9.82. The molecule has 0 bridgehead atoms. The van der Waals surface area contributed by atoms with Crippen LogP contribution in [0.5, 0.6) is 11.5 Å². The topological polar surface area (TPSA) is 61.6 Å². The van der Waals surface area contributed by atoms with Gasteiger partial charge in [-0.05, 0) is 24.1 Å². The number of rotatable bonds is 5. The molecule has 4 nitrogen and oxygen atoms in total. The third-order valence-corrected chi connectivity index (χ3v) is 2.56. The molecule has 0 radical (unpaired) electrons. The van der Waals surface area contributed by atoms with Crippen molar-refractivity contribution in [2.75, 3.05) is 14.2 Å². The Morgan fingerprint density at radius 2 is 1.94 bits per heavy atom. The molecule has 0 aliphatic carbocycles. The summed E-state index contributed by atoms with van der Waals surface area (Å²) in [5.41, 5.74) is 6.18. The molecule has 0 fully saturated rings. The number of carbonyl (C=O) groups excluding carboxylic acids is 1. The first-order chi connectivity index (χ1) is 7.63. The van der Waals surface area contributed by atoms with E-state index in [2.05, 4.69) is 0 Å². The zero-order valence-corrected chi connectivity index (χ0v) is 9.82. The molecule has 1 unspecified atom stereocenters. The summed E-state index contributed by atoms with van der Waals surface area (Å²) in [6.07, 6.45) is 0.671. The van der Waals surface area contributed by atoms with E-state index in [0.29, 0.717) is 17.9 Å². The van der Waals surface area contributed by atoms with Gasteiger partial charge in [-0.2, -0.15) is 0 Å². The van der Waals surface area contributed by atoms with Gasteiger partial charge in [0.15, 0.2) is 11.5 Å². The highest BCUT2D eigenvalue weighted by Gasteiger charge is 2.17. The second-order valence-electron chi connectivity index (χ2n) is 3.48. The standard InChI is InChI=1S/C12H17NO3/c1-4-9(12(13)14)8-5-6-10(15-2)11(7-8)16-3/h5-7,9H,4H2,1-3H3,(H2,13,14). The number of carbonyl (C=O) groups is 1. The van der Waals surface area contributed by atoms with Crippen molar-refractivity contribution in [2.24, 2.45) is 5.73 Å². The van der Waals surface area contributed by atoms with E-state index in [1.54, 1.807) is 26.4 Å². The summed E-state index contributed by atoms with van der Waals surface area (Å²) in [5.74, 6) is 0.653. The largest absolute Gasteiger partial charge is 0.493 e. The van der Waals surface area contributed by atoms with Crippen molar-refractivity contribution in [1.29, 1.82) is 0 Å².